The molecule has 0 aliphatic rings. The predicted octanol–water partition coefficient (Wildman–Crippen LogP) is 3.03. The van der Waals surface area contributed by atoms with E-state index in [1.807, 2.05) is 24.3 Å². The third-order valence-corrected chi connectivity index (χ3v) is 3.40. The molecule has 0 unspecified atom stereocenters. The Morgan fingerprint density at radius 1 is 1.05 bits per heavy atom. The molecule has 2 aromatic carbocycles. The number of carboxylic acids is 1. The van der Waals surface area contributed by atoms with E-state index in [1.54, 1.807) is 12.1 Å². The number of carboxylic acid groups (broad SMARTS) is 1. The second-order valence-electron chi connectivity index (χ2n) is 4.82. The molecular weight excluding hydrogens is 250 g/mol. The van der Waals surface area contributed by atoms with E-state index < -0.39 is 5.97 Å². The first kappa shape index (κ1) is 14.3. The number of aromatic carboxylic acids is 1. The van der Waals surface area contributed by atoms with Gasteiger partial charge >= 0.3 is 5.97 Å². The molecule has 3 heteroatoms. The summed E-state index contributed by atoms with van der Waals surface area (Å²) < 4.78 is 0. The van der Waals surface area contributed by atoms with Crippen molar-refractivity contribution in [2.75, 3.05) is 6.54 Å². The zero-order chi connectivity index (χ0) is 14.4. The molecule has 104 valence electrons. The summed E-state index contributed by atoms with van der Waals surface area (Å²) in [5, 5.41) is 12.5. The van der Waals surface area contributed by atoms with E-state index in [0.29, 0.717) is 12.0 Å². The molecule has 2 aromatic rings. The molecule has 0 aliphatic heterocycles. The lowest BCUT2D eigenvalue weighted by atomic mass is 10.0. The van der Waals surface area contributed by atoms with Gasteiger partial charge in [-0.15, -0.1) is 0 Å². The van der Waals surface area contributed by atoms with E-state index in [9.17, 15) is 4.79 Å². The summed E-state index contributed by atoms with van der Waals surface area (Å²) >= 11 is 0. The predicted molar refractivity (Wildman–Crippen MR) is 80.0 cm³/mol. The van der Waals surface area contributed by atoms with Gasteiger partial charge < -0.3 is 10.4 Å². The van der Waals surface area contributed by atoms with Crippen molar-refractivity contribution in [1.29, 1.82) is 0 Å². The van der Waals surface area contributed by atoms with Gasteiger partial charge in [0, 0.05) is 6.54 Å². The van der Waals surface area contributed by atoms with Gasteiger partial charge in [-0.1, -0.05) is 42.5 Å². The molecule has 0 radical (unpaired) electrons. The van der Waals surface area contributed by atoms with Gasteiger partial charge in [0.2, 0.25) is 0 Å². The average molecular weight is 269 g/mol. The highest BCUT2D eigenvalue weighted by atomic mass is 16.4. The number of nitrogens with one attached hydrogen (secondary N) is 1. The first-order valence-corrected chi connectivity index (χ1v) is 6.75. The van der Waals surface area contributed by atoms with Crippen LogP contribution in [0.3, 0.4) is 0 Å². The smallest absolute Gasteiger partial charge is 0.335 e. The van der Waals surface area contributed by atoms with Gasteiger partial charge in [0.1, 0.15) is 0 Å². The Labute approximate surface area is 119 Å². The van der Waals surface area contributed by atoms with Crippen molar-refractivity contribution in [3.63, 3.8) is 0 Å². The Morgan fingerprint density at radius 2 is 1.70 bits per heavy atom. The highest BCUT2D eigenvalue weighted by Crippen LogP contribution is 2.10. The fraction of sp³-hybridized carbons (Fsp3) is 0.235. The van der Waals surface area contributed by atoms with Crippen molar-refractivity contribution in [2.24, 2.45) is 0 Å². The summed E-state index contributed by atoms with van der Waals surface area (Å²) in [6, 6.07) is 15.4. The van der Waals surface area contributed by atoms with E-state index in [2.05, 4.69) is 24.4 Å². The maximum absolute atomic E-state index is 11.1. The minimum Gasteiger partial charge on any atom is -0.478 e. The molecule has 2 rings (SSSR count). The lowest BCUT2D eigenvalue weighted by Gasteiger charge is -2.09. The minimum absolute atomic E-state index is 0.394. The lowest BCUT2D eigenvalue weighted by molar-refractivity contribution is 0.0695. The van der Waals surface area contributed by atoms with Crippen molar-refractivity contribution < 1.29 is 9.90 Å². The van der Waals surface area contributed by atoms with Gasteiger partial charge in [0.25, 0.3) is 0 Å². The third-order valence-electron chi connectivity index (χ3n) is 3.40. The van der Waals surface area contributed by atoms with Crippen molar-refractivity contribution in [3.8, 4) is 0 Å². The summed E-state index contributed by atoms with van der Waals surface area (Å²) in [5.41, 5.74) is 3.81. The zero-order valence-corrected chi connectivity index (χ0v) is 11.6. The van der Waals surface area contributed by atoms with Crippen LogP contribution in [0.1, 0.15) is 27.0 Å². The number of rotatable bonds is 6. The third kappa shape index (κ3) is 3.68. The molecule has 0 bridgehead atoms. The van der Waals surface area contributed by atoms with Crippen LogP contribution in [0.5, 0.6) is 0 Å². The summed E-state index contributed by atoms with van der Waals surface area (Å²) in [6.45, 7) is 3.66. The number of hydrogen-bond donors (Lipinski definition) is 2. The Hall–Kier alpha value is -2.13. The molecule has 0 heterocycles. The lowest BCUT2D eigenvalue weighted by Crippen LogP contribution is -2.18. The van der Waals surface area contributed by atoms with Crippen molar-refractivity contribution >= 4 is 5.97 Å². The molecule has 0 fully saturated rings. The number of benzene rings is 2. The first-order chi connectivity index (χ1) is 9.68. The van der Waals surface area contributed by atoms with Crippen molar-refractivity contribution in [2.45, 2.75) is 19.9 Å². The summed E-state index contributed by atoms with van der Waals surface area (Å²) in [7, 11) is 0. The Balaban J connectivity index is 1.88. The van der Waals surface area contributed by atoms with E-state index >= 15 is 0 Å². The Bertz CT molecular complexity index is 593. The fourth-order valence-corrected chi connectivity index (χ4v) is 2.20. The van der Waals surface area contributed by atoms with Gasteiger partial charge in [-0.3, -0.25) is 0 Å². The summed E-state index contributed by atoms with van der Waals surface area (Å²) in [6.07, 6.45) is 0.717. The van der Waals surface area contributed by atoms with Crippen molar-refractivity contribution in [1.82, 2.24) is 5.32 Å². The highest BCUT2D eigenvalue weighted by Gasteiger charge is 2.08. The second-order valence-corrected chi connectivity index (χ2v) is 4.82. The van der Waals surface area contributed by atoms with Gasteiger partial charge in [0.05, 0.1) is 5.56 Å². The average Bonchev–Trinajstić information content (AvgIpc) is 2.45. The standard InChI is InChI=1S/C17H19NO2/c1-13-6-2-3-8-15(13)12-18-11-10-14-7-4-5-9-16(14)17(19)20/h2-9,18H,10-12H2,1H3,(H,19,20). The van der Waals surface area contributed by atoms with Crippen molar-refractivity contribution in [3.05, 3.63) is 70.8 Å². The van der Waals surface area contributed by atoms with Crippen LogP contribution in [0.15, 0.2) is 48.5 Å². The van der Waals surface area contributed by atoms with Crippen LogP contribution in [0.2, 0.25) is 0 Å². The Kier molecular flexibility index (Phi) is 4.91. The number of aryl methyl sites for hydroxylation is 1. The van der Waals surface area contributed by atoms with E-state index in [0.717, 1.165) is 18.7 Å². The van der Waals surface area contributed by atoms with Crippen LogP contribution in [0, 0.1) is 6.92 Å². The topological polar surface area (TPSA) is 49.3 Å². The van der Waals surface area contributed by atoms with E-state index in [-0.39, 0.29) is 0 Å². The molecule has 0 aromatic heterocycles. The van der Waals surface area contributed by atoms with Crippen LogP contribution < -0.4 is 5.32 Å². The largest absolute Gasteiger partial charge is 0.478 e. The molecule has 0 atom stereocenters. The highest BCUT2D eigenvalue weighted by molar-refractivity contribution is 5.89. The molecule has 0 spiro atoms. The maximum Gasteiger partial charge on any atom is 0.335 e. The fourth-order valence-electron chi connectivity index (χ4n) is 2.20. The molecule has 0 amide bonds. The number of carbonyl (C=O) groups is 1. The van der Waals surface area contributed by atoms with Crippen LogP contribution in [0.25, 0.3) is 0 Å². The van der Waals surface area contributed by atoms with Gasteiger partial charge in [-0.2, -0.15) is 0 Å². The first-order valence-electron chi connectivity index (χ1n) is 6.75. The molecule has 0 saturated heterocycles. The Morgan fingerprint density at radius 3 is 2.40 bits per heavy atom. The van der Waals surface area contributed by atoms with Crippen LogP contribution in [-0.2, 0) is 13.0 Å². The molecule has 2 N–H and O–H groups in total. The zero-order valence-electron chi connectivity index (χ0n) is 11.6. The molecular formula is C17H19NO2. The summed E-state index contributed by atoms with van der Waals surface area (Å²) in [5.74, 6) is -0.862. The normalized spacial score (nSPS) is 10.4. The SMILES string of the molecule is Cc1ccccc1CNCCc1ccccc1C(=O)O. The quantitative estimate of drug-likeness (QED) is 0.792. The monoisotopic (exact) mass is 269 g/mol. The van der Waals surface area contributed by atoms with E-state index in [1.165, 1.54) is 11.1 Å². The van der Waals surface area contributed by atoms with Crippen LogP contribution >= 0.6 is 0 Å². The number of hydrogen-bond acceptors (Lipinski definition) is 2. The van der Waals surface area contributed by atoms with Gasteiger partial charge in [-0.25, -0.2) is 4.79 Å². The molecule has 20 heavy (non-hydrogen) atoms. The molecule has 0 aliphatic carbocycles. The maximum atomic E-state index is 11.1. The van der Waals surface area contributed by atoms with Crippen LogP contribution in [0.4, 0.5) is 0 Å². The second kappa shape index (κ2) is 6.87. The van der Waals surface area contributed by atoms with Gasteiger partial charge in [0.15, 0.2) is 0 Å². The van der Waals surface area contributed by atoms with Gasteiger partial charge in [-0.05, 0) is 42.6 Å². The molecule has 0 saturated carbocycles. The molecule has 3 nitrogen and oxygen atoms in total. The summed E-state index contributed by atoms with van der Waals surface area (Å²) in [4.78, 5) is 11.1. The van der Waals surface area contributed by atoms with Crippen LogP contribution in [-0.4, -0.2) is 17.6 Å². The minimum atomic E-state index is -0.862. The van der Waals surface area contributed by atoms with E-state index in [4.69, 9.17) is 5.11 Å².